The Balaban J connectivity index is 1.23. The molecule has 32 heavy (non-hydrogen) atoms. The zero-order chi connectivity index (χ0) is 21.9. The van der Waals surface area contributed by atoms with Gasteiger partial charge in [0.05, 0.1) is 12.1 Å². The number of hydrogen-bond acceptors (Lipinski definition) is 6. The van der Waals surface area contributed by atoms with Crippen LogP contribution in [0.4, 0.5) is 4.39 Å². The maximum absolute atomic E-state index is 13.6. The van der Waals surface area contributed by atoms with Gasteiger partial charge in [0.1, 0.15) is 18.1 Å². The second-order valence-corrected chi connectivity index (χ2v) is 6.97. The predicted octanol–water partition coefficient (Wildman–Crippen LogP) is 3.29. The van der Waals surface area contributed by atoms with Gasteiger partial charge < -0.3 is 10.1 Å². The molecule has 0 radical (unpaired) electrons. The molecule has 0 aliphatic carbocycles. The zero-order valence-electron chi connectivity index (χ0n) is 16.8. The van der Waals surface area contributed by atoms with E-state index in [1.165, 1.54) is 16.6 Å². The maximum atomic E-state index is 13.6. The Labute approximate surface area is 181 Å². The number of benzene rings is 2. The van der Waals surface area contributed by atoms with Crippen LogP contribution >= 0.6 is 0 Å². The van der Waals surface area contributed by atoms with Crippen LogP contribution in [0.1, 0.15) is 10.5 Å². The Morgan fingerprint density at radius 3 is 2.81 bits per heavy atom. The summed E-state index contributed by atoms with van der Waals surface area (Å²) in [6.45, 7) is 0.473. The first-order valence-electron chi connectivity index (χ1n) is 9.92. The Kier molecular flexibility index (Phi) is 5.12. The van der Waals surface area contributed by atoms with Crippen LogP contribution < -0.4 is 10.1 Å². The van der Waals surface area contributed by atoms with Gasteiger partial charge in [0.15, 0.2) is 11.5 Å². The number of rotatable bonds is 6. The van der Waals surface area contributed by atoms with Crippen molar-refractivity contribution in [3.05, 3.63) is 84.3 Å². The molecule has 0 bridgehead atoms. The van der Waals surface area contributed by atoms with Gasteiger partial charge >= 0.3 is 0 Å². The van der Waals surface area contributed by atoms with E-state index < -0.39 is 0 Å². The summed E-state index contributed by atoms with van der Waals surface area (Å²) >= 11 is 0. The fourth-order valence-electron chi connectivity index (χ4n) is 3.26. The lowest BCUT2D eigenvalue weighted by Gasteiger charge is -2.08. The molecule has 0 saturated carbocycles. The third-order valence-corrected chi connectivity index (χ3v) is 4.79. The number of pyridine rings is 1. The number of nitrogens with one attached hydrogen (secondary N) is 1. The van der Waals surface area contributed by atoms with Gasteiger partial charge in [-0.2, -0.15) is 4.52 Å². The highest BCUT2D eigenvalue weighted by molar-refractivity contribution is 5.94. The molecule has 2 aromatic carbocycles. The van der Waals surface area contributed by atoms with Gasteiger partial charge in [0, 0.05) is 17.0 Å². The highest BCUT2D eigenvalue weighted by Gasteiger charge is 2.12. The number of hydrogen-bond donors (Lipinski definition) is 1. The van der Waals surface area contributed by atoms with Gasteiger partial charge in [-0.05, 0) is 30.3 Å². The van der Waals surface area contributed by atoms with Gasteiger partial charge in [-0.1, -0.05) is 36.4 Å². The topological polar surface area (TPSA) is 94.3 Å². The molecular weight excluding hydrogens is 411 g/mol. The average molecular weight is 428 g/mol. The molecule has 0 fully saturated rings. The smallest absolute Gasteiger partial charge is 0.270 e. The summed E-state index contributed by atoms with van der Waals surface area (Å²) < 4.78 is 20.7. The molecular formula is C23H17FN6O2. The lowest BCUT2D eigenvalue weighted by Crippen LogP contribution is -2.28. The standard InChI is InChI=1S/C23H17FN6O2/c24-17-6-3-5-16(14-17)22-28-27-20-10-11-21(29-30(20)22)32-13-12-25-23(31)19-9-8-15-4-1-2-7-18(15)26-19/h1-11,14H,12-13H2,(H,25,31). The fourth-order valence-corrected chi connectivity index (χ4v) is 3.26. The second-order valence-electron chi connectivity index (χ2n) is 6.97. The molecule has 0 unspecified atom stereocenters. The molecule has 3 heterocycles. The van der Waals surface area contributed by atoms with E-state index in [9.17, 15) is 9.18 Å². The normalized spacial score (nSPS) is 11.0. The first-order valence-corrected chi connectivity index (χ1v) is 9.92. The van der Waals surface area contributed by atoms with Crippen molar-refractivity contribution in [2.75, 3.05) is 13.2 Å². The first-order chi connectivity index (χ1) is 15.7. The van der Waals surface area contributed by atoms with E-state index in [1.54, 1.807) is 30.3 Å². The quantitative estimate of drug-likeness (QED) is 0.417. The minimum Gasteiger partial charge on any atom is -0.475 e. The zero-order valence-corrected chi connectivity index (χ0v) is 16.8. The number of carbonyl (C=O) groups excluding carboxylic acids is 1. The Bertz CT molecular complexity index is 1430. The highest BCUT2D eigenvalue weighted by atomic mass is 19.1. The lowest BCUT2D eigenvalue weighted by atomic mass is 10.2. The molecule has 0 aliphatic heterocycles. The molecule has 0 spiro atoms. The molecule has 1 amide bonds. The maximum Gasteiger partial charge on any atom is 0.270 e. The average Bonchev–Trinajstić information content (AvgIpc) is 3.25. The van der Waals surface area contributed by atoms with E-state index in [4.69, 9.17) is 4.74 Å². The number of amides is 1. The van der Waals surface area contributed by atoms with E-state index in [-0.39, 0.29) is 24.9 Å². The van der Waals surface area contributed by atoms with Crippen LogP contribution in [0.25, 0.3) is 27.9 Å². The van der Waals surface area contributed by atoms with Crippen LogP contribution in [0.15, 0.2) is 72.8 Å². The van der Waals surface area contributed by atoms with Crippen LogP contribution in [0.2, 0.25) is 0 Å². The molecule has 8 nitrogen and oxygen atoms in total. The van der Waals surface area contributed by atoms with Crippen molar-refractivity contribution in [1.29, 1.82) is 0 Å². The van der Waals surface area contributed by atoms with Gasteiger partial charge in [-0.25, -0.2) is 9.37 Å². The van der Waals surface area contributed by atoms with Crippen molar-refractivity contribution >= 4 is 22.5 Å². The minimum atomic E-state index is -0.372. The third-order valence-electron chi connectivity index (χ3n) is 4.79. The lowest BCUT2D eigenvalue weighted by molar-refractivity contribution is 0.0942. The Hall–Kier alpha value is -4.40. The third kappa shape index (κ3) is 3.95. The number of carbonyl (C=O) groups is 1. The van der Waals surface area contributed by atoms with Gasteiger partial charge in [0.25, 0.3) is 5.91 Å². The Morgan fingerprint density at radius 2 is 1.91 bits per heavy atom. The second kappa shape index (κ2) is 8.38. The number of aromatic nitrogens is 5. The molecule has 3 aromatic heterocycles. The summed E-state index contributed by atoms with van der Waals surface area (Å²) in [6.07, 6.45) is 0. The first kappa shape index (κ1) is 19.6. The molecule has 0 atom stereocenters. The molecule has 9 heteroatoms. The van der Waals surface area contributed by atoms with E-state index in [0.29, 0.717) is 28.6 Å². The molecule has 1 N–H and O–H groups in total. The number of nitrogens with zero attached hydrogens (tertiary/aromatic N) is 5. The molecule has 5 aromatic rings. The van der Waals surface area contributed by atoms with Crippen LogP contribution in [-0.4, -0.2) is 43.9 Å². The molecule has 5 rings (SSSR count). The summed E-state index contributed by atoms with van der Waals surface area (Å²) in [5.41, 5.74) is 2.16. The van der Waals surface area contributed by atoms with Crippen LogP contribution in [0.3, 0.4) is 0 Å². The van der Waals surface area contributed by atoms with Gasteiger partial charge in [0.2, 0.25) is 5.88 Å². The van der Waals surface area contributed by atoms with Crippen molar-refractivity contribution in [1.82, 2.24) is 30.1 Å². The summed E-state index contributed by atoms with van der Waals surface area (Å²) in [6, 6.07) is 20.6. The van der Waals surface area contributed by atoms with E-state index in [1.807, 2.05) is 30.3 Å². The molecule has 0 saturated heterocycles. The van der Waals surface area contributed by atoms with Gasteiger partial charge in [-0.15, -0.1) is 15.3 Å². The highest BCUT2D eigenvalue weighted by Crippen LogP contribution is 2.19. The van der Waals surface area contributed by atoms with Crippen molar-refractivity contribution < 1.29 is 13.9 Å². The number of para-hydroxylation sites is 1. The van der Waals surface area contributed by atoms with Crippen molar-refractivity contribution in [2.24, 2.45) is 0 Å². The Morgan fingerprint density at radius 1 is 1.00 bits per heavy atom. The van der Waals surface area contributed by atoms with E-state index in [0.717, 1.165) is 10.9 Å². The van der Waals surface area contributed by atoms with Crippen LogP contribution in [0.5, 0.6) is 5.88 Å². The van der Waals surface area contributed by atoms with E-state index >= 15 is 0 Å². The number of fused-ring (bicyclic) bond motifs is 2. The summed E-state index contributed by atoms with van der Waals surface area (Å²) in [4.78, 5) is 16.7. The fraction of sp³-hybridized carbons (Fsp3) is 0.0870. The predicted molar refractivity (Wildman–Crippen MR) is 116 cm³/mol. The number of halogens is 1. The van der Waals surface area contributed by atoms with Crippen molar-refractivity contribution in [3.63, 3.8) is 0 Å². The molecule has 158 valence electrons. The van der Waals surface area contributed by atoms with Crippen molar-refractivity contribution in [3.8, 4) is 17.3 Å². The SMILES string of the molecule is O=C(NCCOc1ccc2nnc(-c3cccc(F)c3)n2n1)c1ccc2ccccc2n1. The minimum absolute atomic E-state index is 0.204. The van der Waals surface area contributed by atoms with Gasteiger partial charge in [-0.3, -0.25) is 4.79 Å². The van der Waals surface area contributed by atoms with Crippen LogP contribution in [0, 0.1) is 5.82 Å². The molecule has 0 aliphatic rings. The van der Waals surface area contributed by atoms with E-state index in [2.05, 4.69) is 25.6 Å². The summed E-state index contributed by atoms with van der Waals surface area (Å²) in [7, 11) is 0. The largest absolute Gasteiger partial charge is 0.475 e. The summed E-state index contributed by atoms with van der Waals surface area (Å²) in [5.74, 6) is 0.0759. The summed E-state index contributed by atoms with van der Waals surface area (Å²) in [5, 5.41) is 16.3. The van der Waals surface area contributed by atoms with Crippen LogP contribution in [-0.2, 0) is 0 Å². The monoisotopic (exact) mass is 428 g/mol. The van der Waals surface area contributed by atoms with Crippen molar-refractivity contribution in [2.45, 2.75) is 0 Å². The number of ether oxygens (including phenoxy) is 1.